The molecule has 6 heteroatoms. The van der Waals surface area contributed by atoms with Crippen LogP contribution >= 0.6 is 15.9 Å². The summed E-state index contributed by atoms with van der Waals surface area (Å²) in [7, 11) is 0. The van der Waals surface area contributed by atoms with Gasteiger partial charge in [0.25, 0.3) is 5.91 Å². The number of carbonyl (C=O) groups is 1. The summed E-state index contributed by atoms with van der Waals surface area (Å²) < 4.78 is 0.535. The van der Waals surface area contributed by atoms with Gasteiger partial charge in [0.2, 0.25) is 5.56 Å². The molecule has 21 heavy (non-hydrogen) atoms. The SMILES string of the molecule is O=C(Nc1cccnc1Br)c1cc(=O)[nH]c2ccccc12. The number of fused-ring (bicyclic) bond motifs is 1. The summed E-state index contributed by atoms with van der Waals surface area (Å²) >= 11 is 3.27. The minimum absolute atomic E-state index is 0.316. The summed E-state index contributed by atoms with van der Waals surface area (Å²) in [5.74, 6) is -0.356. The molecule has 2 N–H and O–H groups in total. The highest BCUT2D eigenvalue weighted by atomic mass is 79.9. The van der Waals surface area contributed by atoms with Crippen LogP contribution in [-0.4, -0.2) is 15.9 Å². The van der Waals surface area contributed by atoms with E-state index in [0.29, 0.717) is 26.8 Å². The number of anilines is 1. The van der Waals surface area contributed by atoms with Crippen molar-refractivity contribution in [2.45, 2.75) is 0 Å². The summed E-state index contributed by atoms with van der Waals surface area (Å²) in [6, 6.07) is 11.9. The van der Waals surface area contributed by atoms with Crippen molar-refractivity contribution in [3.63, 3.8) is 0 Å². The van der Waals surface area contributed by atoms with Crippen LogP contribution in [0.5, 0.6) is 0 Å². The van der Waals surface area contributed by atoms with Crippen LogP contribution in [0.3, 0.4) is 0 Å². The summed E-state index contributed by atoms with van der Waals surface area (Å²) in [6.07, 6.45) is 1.61. The molecule has 5 nitrogen and oxygen atoms in total. The lowest BCUT2D eigenvalue weighted by Crippen LogP contribution is -2.17. The molecular weight excluding hydrogens is 334 g/mol. The second-order valence-electron chi connectivity index (χ2n) is 4.39. The van der Waals surface area contributed by atoms with Crippen molar-refractivity contribution < 1.29 is 4.79 Å². The van der Waals surface area contributed by atoms with Crippen molar-refractivity contribution in [1.29, 1.82) is 0 Å². The lowest BCUT2D eigenvalue weighted by atomic mass is 10.1. The maximum atomic E-state index is 12.4. The van der Waals surface area contributed by atoms with E-state index < -0.39 is 0 Å². The summed E-state index contributed by atoms with van der Waals surface area (Å²) in [5.41, 5.74) is 1.18. The number of nitrogens with zero attached hydrogens (tertiary/aromatic N) is 1. The maximum Gasteiger partial charge on any atom is 0.256 e. The second kappa shape index (κ2) is 5.49. The van der Waals surface area contributed by atoms with E-state index in [0.717, 1.165) is 0 Å². The molecule has 0 aliphatic carbocycles. The zero-order valence-electron chi connectivity index (χ0n) is 10.8. The Morgan fingerprint density at radius 1 is 1.19 bits per heavy atom. The normalized spacial score (nSPS) is 10.5. The van der Waals surface area contributed by atoms with Crippen molar-refractivity contribution in [3.8, 4) is 0 Å². The number of para-hydroxylation sites is 1. The Labute approximate surface area is 128 Å². The molecule has 2 aromatic heterocycles. The molecule has 0 aliphatic rings. The fraction of sp³-hybridized carbons (Fsp3) is 0. The molecule has 0 radical (unpaired) electrons. The first-order valence-electron chi connectivity index (χ1n) is 6.19. The molecule has 0 saturated heterocycles. The van der Waals surface area contributed by atoms with Gasteiger partial charge in [-0.15, -0.1) is 0 Å². The van der Waals surface area contributed by atoms with E-state index in [2.05, 4.69) is 31.2 Å². The average Bonchev–Trinajstić information content (AvgIpc) is 2.48. The van der Waals surface area contributed by atoms with Crippen LogP contribution in [0.4, 0.5) is 5.69 Å². The van der Waals surface area contributed by atoms with Gasteiger partial charge in [-0.3, -0.25) is 9.59 Å². The molecular formula is C15H10BrN3O2. The van der Waals surface area contributed by atoms with Crippen LogP contribution in [0.2, 0.25) is 0 Å². The number of hydrogen-bond donors (Lipinski definition) is 2. The zero-order chi connectivity index (χ0) is 14.8. The summed E-state index contributed by atoms with van der Waals surface area (Å²) in [5, 5.41) is 3.43. The summed E-state index contributed by atoms with van der Waals surface area (Å²) in [6.45, 7) is 0. The monoisotopic (exact) mass is 343 g/mol. The Kier molecular flexibility index (Phi) is 3.53. The largest absolute Gasteiger partial charge is 0.322 e. The average molecular weight is 344 g/mol. The van der Waals surface area contributed by atoms with E-state index in [1.807, 2.05) is 6.07 Å². The molecule has 0 atom stereocenters. The molecule has 1 amide bonds. The number of hydrogen-bond acceptors (Lipinski definition) is 3. The minimum Gasteiger partial charge on any atom is -0.322 e. The van der Waals surface area contributed by atoms with E-state index in [1.54, 1.807) is 36.5 Å². The molecule has 0 fully saturated rings. The molecule has 1 aromatic carbocycles. The standard InChI is InChI=1S/C15H10BrN3O2/c16-14-12(6-3-7-17-14)19-15(21)10-8-13(20)18-11-5-2-1-4-9(10)11/h1-8H,(H,18,20)(H,19,21). The van der Waals surface area contributed by atoms with E-state index in [-0.39, 0.29) is 11.5 Å². The molecule has 0 saturated carbocycles. The van der Waals surface area contributed by atoms with Gasteiger partial charge in [-0.05, 0) is 34.1 Å². The predicted octanol–water partition coefficient (Wildman–Crippen LogP) is 2.94. The third kappa shape index (κ3) is 2.71. The highest BCUT2D eigenvalue weighted by molar-refractivity contribution is 9.10. The van der Waals surface area contributed by atoms with Crippen LogP contribution in [0.15, 0.2) is 58.1 Å². The lowest BCUT2D eigenvalue weighted by molar-refractivity contribution is 0.102. The van der Waals surface area contributed by atoms with E-state index in [4.69, 9.17) is 0 Å². The van der Waals surface area contributed by atoms with Gasteiger partial charge in [0.05, 0.1) is 11.3 Å². The molecule has 0 unspecified atom stereocenters. The van der Waals surface area contributed by atoms with Gasteiger partial charge >= 0.3 is 0 Å². The third-order valence-electron chi connectivity index (χ3n) is 3.00. The van der Waals surface area contributed by atoms with Gasteiger partial charge in [-0.2, -0.15) is 0 Å². The van der Waals surface area contributed by atoms with Crippen LogP contribution in [-0.2, 0) is 0 Å². The van der Waals surface area contributed by atoms with Crippen LogP contribution < -0.4 is 10.9 Å². The molecule has 2 heterocycles. The van der Waals surface area contributed by atoms with E-state index >= 15 is 0 Å². The molecule has 0 aliphatic heterocycles. The Hall–Kier alpha value is -2.47. The smallest absolute Gasteiger partial charge is 0.256 e. The molecule has 0 bridgehead atoms. The Morgan fingerprint density at radius 2 is 2.00 bits per heavy atom. The quantitative estimate of drug-likeness (QED) is 0.702. The van der Waals surface area contributed by atoms with Crippen LogP contribution in [0, 0.1) is 0 Å². The summed E-state index contributed by atoms with van der Waals surface area (Å²) in [4.78, 5) is 30.8. The van der Waals surface area contributed by atoms with Crippen molar-refractivity contribution >= 4 is 38.4 Å². The zero-order valence-corrected chi connectivity index (χ0v) is 12.3. The fourth-order valence-electron chi connectivity index (χ4n) is 2.06. The first-order valence-corrected chi connectivity index (χ1v) is 6.98. The van der Waals surface area contributed by atoms with Crippen LogP contribution in [0.1, 0.15) is 10.4 Å². The molecule has 3 aromatic rings. The number of pyridine rings is 2. The van der Waals surface area contributed by atoms with Gasteiger partial charge in [0.15, 0.2) is 0 Å². The van der Waals surface area contributed by atoms with Crippen LogP contribution in [0.25, 0.3) is 10.9 Å². The lowest BCUT2D eigenvalue weighted by Gasteiger charge is -2.08. The number of halogens is 1. The maximum absolute atomic E-state index is 12.4. The number of rotatable bonds is 2. The molecule has 0 spiro atoms. The van der Waals surface area contributed by atoms with Gasteiger partial charge in [0, 0.05) is 23.2 Å². The van der Waals surface area contributed by atoms with Crippen molar-refractivity contribution in [2.24, 2.45) is 0 Å². The second-order valence-corrected chi connectivity index (χ2v) is 5.14. The number of H-pyrrole nitrogens is 1. The van der Waals surface area contributed by atoms with E-state index in [9.17, 15) is 9.59 Å². The van der Waals surface area contributed by atoms with Crippen molar-refractivity contribution in [3.05, 3.63) is 69.2 Å². The third-order valence-corrected chi connectivity index (χ3v) is 3.63. The Bertz CT molecular complexity index is 889. The highest BCUT2D eigenvalue weighted by Gasteiger charge is 2.13. The van der Waals surface area contributed by atoms with Gasteiger partial charge in [-0.25, -0.2) is 4.98 Å². The number of carbonyl (C=O) groups excluding carboxylic acids is 1. The minimum atomic E-state index is -0.356. The van der Waals surface area contributed by atoms with Gasteiger partial charge < -0.3 is 10.3 Å². The van der Waals surface area contributed by atoms with Crippen molar-refractivity contribution in [2.75, 3.05) is 5.32 Å². The molecule has 104 valence electrons. The molecule has 3 rings (SSSR count). The van der Waals surface area contributed by atoms with Gasteiger partial charge in [-0.1, -0.05) is 18.2 Å². The fourth-order valence-corrected chi connectivity index (χ4v) is 2.41. The van der Waals surface area contributed by atoms with Crippen molar-refractivity contribution in [1.82, 2.24) is 9.97 Å². The number of benzene rings is 1. The number of aromatic nitrogens is 2. The predicted molar refractivity (Wildman–Crippen MR) is 84.5 cm³/mol. The van der Waals surface area contributed by atoms with E-state index in [1.165, 1.54) is 6.07 Å². The number of nitrogens with one attached hydrogen (secondary N) is 2. The topological polar surface area (TPSA) is 74.8 Å². The highest BCUT2D eigenvalue weighted by Crippen LogP contribution is 2.21. The van der Waals surface area contributed by atoms with Gasteiger partial charge in [0.1, 0.15) is 4.60 Å². The Morgan fingerprint density at radius 3 is 2.81 bits per heavy atom. The Balaban J connectivity index is 2.06. The number of aromatic amines is 1. The number of amides is 1. The first kappa shape index (κ1) is 13.5. The first-order chi connectivity index (χ1) is 10.1.